The number of carbonyl (C=O) groups excluding carboxylic acids is 2. The zero-order chi connectivity index (χ0) is 16.5. The lowest BCUT2D eigenvalue weighted by Gasteiger charge is -2.16. The second-order valence-electron chi connectivity index (χ2n) is 6.28. The summed E-state index contributed by atoms with van der Waals surface area (Å²) in [4.78, 5) is 23.6. The molecule has 0 saturated heterocycles. The first kappa shape index (κ1) is 17.3. The molecule has 3 amide bonds. The summed E-state index contributed by atoms with van der Waals surface area (Å²) in [6.45, 7) is 2.50. The van der Waals surface area contributed by atoms with Gasteiger partial charge in [-0.25, -0.2) is 4.79 Å². The molecule has 5 nitrogen and oxygen atoms in total. The van der Waals surface area contributed by atoms with Crippen molar-refractivity contribution in [2.24, 2.45) is 0 Å². The lowest BCUT2D eigenvalue weighted by Crippen LogP contribution is -2.44. The Bertz CT molecular complexity index is 506. The van der Waals surface area contributed by atoms with Gasteiger partial charge in [-0.15, -0.1) is 0 Å². The predicted molar refractivity (Wildman–Crippen MR) is 91.1 cm³/mol. The van der Waals surface area contributed by atoms with Gasteiger partial charge in [-0.2, -0.15) is 0 Å². The standard InChI is InChI=1S/C18H27N3O2/c1-14-8-10-15(11-9-14)12-19-18(23)20-13-17(22)21-16-6-4-2-3-5-7-16/h8-11,16H,2-7,12-13H2,1H3,(H,21,22)(H2,19,20,23). The molecule has 0 bridgehead atoms. The Balaban J connectivity index is 1.63. The molecule has 1 aromatic carbocycles. The van der Waals surface area contributed by atoms with Gasteiger partial charge in [0.25, 0.3) is 0 Å². The van der Waals surface area contributed by atoms with E-state index >= 15 is 0 Å². The normalized spacial score (nSPS) is 15.5. The molecule has 1 aromatic rings. The Morgan fingerprint density at radius 3 is 2.30 bits per heavy atom. The molecule has 5 heteroatoms. The van der Waals surface area contributed by atoms with Crippen molar-refractivity contribution in [1.29, 1.82) is 0 Å². The monoisotopic (exact) mass is 317 g/mol. The first-order valence-corrected chi connectivity index (χ1v) is 8.50. The van der Waals surface area contributed by atoms with Crippen molar-refractivity contribution < 1.29 is 9.59 Å². The summed E-state index contributed by atoms with van der Waals surface area (Å²) in [5, 5.41) is 8.38. The first-order valence-electron chi connectivity index (χ1n) is 8.50. The van der Waals surface area contributed by atoms with E-state index in [0.29, 0.717) is 6.54 Å². The van der Waals surface area contributed by atoms with Crippen LogP contribution in [0.2, 0.25) is 0 Å². The van der Waals surface area contributed by atoms with Gasteiger partial charge in [-0.1, -0.05) is 55.5 Å². The van der Waals surface area contributed by atoms with Crippen LogP contribution in [0.1, 0.15) is 49.7 Å². The molecule has 1 aliphatic rings. The smallest absolute Gasteiger partial charge is 0.315 e. The van der Waals surface area contributed by atoms with E-state index in [1.165, 1.54) is 31.2 Å². The molecule has 1 saturated carbocycles. The molecule has 0 unspecified atom stereocenters. The van der Waals surface area contributed by atoms with Crippen molar-refractivity contribution in [3.05, 3.63) is 35.4 Å². The van der Waals surface area contributed by atoms with Gasteiger partial charge in [-0.3, -0.25) is 4.79 Å². The van der Waals surface area contributed by atoms with E-state index < -0.39 is 0 Å². The van der Waals surface area contributed by atoms with Crippen molar-refractivity contribution in [3.63, 3.8) is 0 Å². The number of rotatable bonds is 5. The van der Waals surface area contributed by atoms with E-state index in [1.54, 1.807) is 0 Å². The van der Waals surface area contributed by atoms with Gasteiger partial charge in [0.05, 0.1) is 6.54 Å². The van der Waals surface area contributed by atoms with Crippen molar-refractivity contribution in [3.8, 4) is 0 Å². The average Bonchev–Trinajstić information content (AvgIpc) is 2.81. The molecule has 0 aliphatic heterocycles. The highest BCUT2D eigenvalue weighted by atomic mass is 16.2. The molecule has 23 heavy (non-hydrogen) atoms. The number of amides is 3. The van der Waals surface area contributed by atoms with E-state index in [-0.39, 0.29) is 24.5 Å². The molecule has 0 spiro atoms. The maximum atomic E-state index is 11.9. The summed E-state index contributed by atoms with van der Waals surface area (Å²) in [6.07, 6.45) is 6.96. The number of hydrogen-bond acceptors (Lipinski definition) is 2. The number of urea groups is 1. The number of nitrogens with one attached hydrogen (secondary N) is 3. The Morgan fingerprint density at radius 2 is 1.65 bits per heavy atom. The topological polar surface area (TPSA) is 70.2 Å². The van der Waals surface area contributed by atoms with Crippen LogP contribution in [0.4, 0.5) is 4.79 Å². The van der Waals surface area contributed by atoms with Crippen LogP contribution in [0.25, 0.3) is 0 Å². The van der Waals surface area contributed by atoms with E-state index in [2.05, 4.69) is 16.0 Å². The third kappa shape index (κ3) is 6.72. The summed E-state index contributed by atoms with van der Waals surface area (Å²) in [5.41, 5.74) is 2.22. The Morgan fingerprint density at radius 1 is 1.00 bits per heavy atom. The third-order valence-electron chi connectivity index (χ3n) is 4.20. The van der Waals surface area contributed by atoms with Crippen LogP contribution in [0.15, 0.2) is 24.3 Å². The van der Waals surface area contributed by atoms with Crippen LogP contribution < -0.4 is 16.0 Å². The van der Waals surface area contributed by atoms with E-state index in [1.807, 2.05) is 31.2 Å². The van der Waals surface area contributed by atoms with Gasteiger partial charge in [0.15, 0.2) is 0 Å². The Kier molecular flexibility index (Phi) is 6.91. The van der Waals surface area contributed by atoms with E-state index in [0.717, 1.165) is 18.4 Å². The maximum Gasteiger partial charge on any atom is 0.315 e. The van der Waals surface area contributed by atoms with E-state index in [9.17, 15) is 9.59 Å². The highest BCUT2D eigenvalue weighted by Gasteiger charge is 2.14. The largest absolute Gasteiger partial charge is 0.352 e. The summed E-state index contributed by atoms with van der Waals surface area (Å²) < 4.78 is 0. The molecule has 3 N–H and O–H groups in total. The highest BCUT2D eigenvalue weighted by molar-refractivity contribution is 5.84. The quantitative estimate of drug-likeness (QED) is 0.731. The SMILES string of the molecule is Cc1ccc(CNC(=O)NCC(=O)NC2CCCCCC2)cc1. The Hall–Kier alpha value is -2.04. The van der Waals surface area contributed by atoms with Gasteiger partial charge in [0.2, 0.25) is 5.91 Å². The van der Waals surface area contributed by atoms with Crippen molar-refractivity contribution in [2.75, 3.05) is 6.54 Å². The number of hydrogen-bond donors (Lipinski definition) is 3. The van der Waals surface area contributed by atoms with Gasteiger partial charge < -0.3 is 16.0 Å². The zero-order valence-corrected chi connectivity index (χ0v) is 13.9. The lowest BCUT2D eigenvalue weighted by atomic mass is 10.1. The summed E-state index contributed by atoms with van der Waals surface area (Å²) in [5.74, 6) is -0.109. The summed E-state index contributed by atoms with van der Waals surface area (Å²) >= 11 is 0. The molecule has 0 aromatic heterocycles. The minimum absolute atomic E-state index is 0.0240. The van der Waals surface area contributed by atoms with Crippen LogP contribution in [-0.2, 0) is 11.3 Å². The number of benzene rings is 1. The summed E-state index contributed by atoms with van der Waals surface area (Å²) in [6, 6.07) is 7.93. The molecule has 0 atom stereocenters. The van der Waals surface area contributed by atoms with Crippen LogP contribution in [-0.4, -0.2) is 24.5 Å². The van der Waals surface area contributed by atoms with Gasteiger partial charge >= 0.3 is 6.03 Å². The molecule has 126 valence electrons. The molecule has 1 fully saturated rings. The minimum Gasteiger partial charge on any atom is -0.352 e. The van der Waals surface area contributed by atoms with Crippen LogP contribution in [0, 0.1) is 6.92 Å². The predicted octanol–water partition coefficient (Wildman–Crippen LogP) is 2.63. The zero-order valence-electron chi connectivity index (χ0n) is 13.9. The molecule has 2 rings (SSSR count). The average molecular weight is 317 g/mol. The number of carbonyl (C=O) groups is 2. The van der Waals surface area contributed by atoms with Gasteiger partial charge in [0.1, 0.15) is 0 Å². The number of aryl methyl sites for hydroxylation is 1. The molecule has 0 radical (unpaired) electrons. The van der Waals surface area contributed by atoms with Gasteiger partial charge in [-0.05, 0) is 25.3 Å². The fraction of sp³-hybridized carbons (Fsp3) is 0.556. The van der Waals surface area contributed by atoms with Crippen LogP contribution >= 0.6 is 0 Å². The second-order valence-corrected chi connectivity index (χ2v) is 6.28. The van der Waals surface area contributed by atoms with Crippen molar-refractivity contribution >= 4 is 11.9 Å². The first-order chi connectivity index (χ1) is 11.1. The fourth-order valence-corrected chi connectivity index (χ4v) is 2.81. The Labute approximate surface area is 138 Å². The molecule has 1 aliphatic carbocycles. The molecule has 0 heterocycles. The van der Waals surface area contributed by atoms with Crippen molar-refractivity contribution in [2.45, 2.75) is 58.0 Å². The fourth-order valence-electron chi connectivity index (χ4n) is 2.81. The highest BCUT2D eigenvalue weighted by Crippen LogP contribution is 2.16. The van der Waals surface area contributed by atoms with Crippen LogP contribution in [0.3, 0.4) is 0 Å². The van der Waals surface area contributed by atoms with Gasteiger partial charge in [0, 0.05) is 12.6 Å². The van der Waals surface area contributed by atoms with Crippen molar-refractivity contribution in [1.82, 2.24) is 16.0 Å². The minimum atomic E-state index is -0.318. The molecular formula is C18H27N3O2. The maximum absolute atomic E-state index is 11.9. The third-order valence-corrected chi connectivity index (χ3v) is 4.20. The second kappa shape index (κ2) is 9.18. The molecular weight excluding hydrogens is 290 g/mol. The van der Waals surface area contributed by atoms with E-state index in [4.69, 9.17) is 0 Å². The summed E-state index contributed by atoms with van der Waals surface area (Å²) in [7, 11) is 0. The van der Waals surface area contributed by atoms with Crippen LogP contribution in [0.5, 0.6) is 0 Å². The lowest BCUT2D eigenvalue weighted by molar-refractivity contribution is -0.120.